The molecule has 10 heavy (non-hydrogen) atoms. The Morgan fingerprint density at radius 1 is 1.60 bits per heavy atom. The van der Waals surface area contributed by atoms with Gasteiger partial charge in [0.2, 0.25) is 5.91 Å². The van der Waals surface area contributed by atoms with Gasteiger partial charge >= 0.3 is 5.97 Å². The summed E-state index contributed by atoms with van der Waals surface area (Å²) in [6.07, 6.45) is 0. The zero-order chi connectivity index (χ0) is 7.98. The number of carbonyl (C=O) groups is 2. The van der Waals surface area contributed by atoms with Crippen molar-refractivity contribution >= 4 is 11.9 Å². The summed E-state index contributed by atoms with van der Waals surface area (Å²) in [7, 11) is 0. The van der Waals surface area contributed by atoms with Crippen LogP contribution in [0.25, 0.3) is 0 Å². The zero-order valence-corrected chi connectivity index (χ0v) is 5.38. The molecule has 0 bridgehead atoms. The average molecular weight is 148 g/mol. The van der Waals surface area contributed by atoms with E-state index in [4.69, 9.17) is 5.21 Å². The summed E-state index contributed by atoms with van der Waals surface area (Å²) in [4.78, 5) is 24.5. The molecule has 0 rings (SSSR count). The van der Waals surface area contributed by atoms with Gasteiger partial charge in [-0.3, -0.25) is 4.79 Å². The Morgan fingerprint density at radius 2 is 2.20 bits per heavy atom. The van der Waals surface area contributed by atoms with Crippen LogP contribution in [0.5, 0.6) is 0 Å². The van der Waals surface area contributed by atoms with Crippen molar-refractivity contribution in [1.82, 2.24) is 11.0 Å². The molecule has 0 aliphatic rings. The van der Waals surface area contributed by atoms with Crippen molar-refractivity contribution in [1.29, 1.82) is 0 Å². The number of amides is 1. The number of carbonyl (C=O) groups excluding carboxylic acids is 2. The van der Waals surface area contributed by atoms with E-state index in [0.29, 0.717) is 0 Å². The van der Waals surface area contributed by atoms with Gasteiger partial charge in [-0.25, -0.2) is 4.79 Å². The first-order valence-corrected chi connectivity index (χ1v) is 2.50. The van der Waals surface area contributed by atoms with Crippen LogP contribution in [0, 0.1) is 0 Å². The Hall–Kier alpha value is -1.14. The van der Waals surface area contributed by atoms with Gasteiger partial charge < -0.3 is 10.0 Å². The van der Waals surface area contributed by atoms with E-state index >= 15 is 0 Å². The van der Waals surface area contributed by atoms with Crippen LogP contribution in [0.4, 0.5) is 0 Å². The Labute approximate surface area is 57.1 Å². The van der Waals surface area contributed by atoms with Crippen LogP contribution in [0.1, 0.15) is 6.92 Å². The number of hydrogen-bond donors (Lipinski definition) is 3. The quantitative estimate of drug-likeness (QED) is 0.417. The smallest absolute Gasteiger partial charge is 0.339 e. The van der Waals surface area contributed by atoms with E-state index in [0.717, 1.165) is 0 Å². The Bertz CT molecular complexity index is 135. The normalized spacial score (nSPS) is 8.60. The third-order valence-electron chi connectivity index (χ3n) is 0.532. The molecule has 6 heteroatoms. The molecule has 0 atom stereocenters. The van der Waals surface area contributed by atoms with Gasteiger partial charge in [-0.1, -0.05) is 0 Å². The summed E-state index contributed by atoms with van der Waals surface area (Å²) >= 11 is 0. The van der Waals surface area contributed by atoms with E-state index in [9.17, 15) is 9.59 Å². The van der Waals surface area contributed by atoms with Crippen molar-refractivity contribution < 1.29 is 19.6 Å². The lowest BCUT2D eigenvalue weighted by Crippen LogP contribution is -2.30. The second-order valence-corrected chi connectivity index (χ2v) is 1.47. The van der Waals surface area contributed by atoms with Gasteiger partial charge in [-0.05, 0) is 0 Å². The van der Waals surface area contributed by atoms with Crippen molar-refractivity contribution in [3.8, 4) is 0 Å². The van der Waals surface area contributed by atoms with Gasteiger partial charge in [-0.2, -0.15) is 11.0 Å². The molecule has 6 nitrogen and oxygen atoms in total. The molecular weight excluding hydrogens is 140 g/mol. The van der Waals surface area contributed by atoms with Crippen molar-refractivity contribution in [2.45, 2.75) is 6.92 Å². The van der Waals surface area contributed by atoms with Crippen molar-refractivity contribution in [2.24, 2.45) is 0 Å². The SMILES string of the molecule is CC(=O)NOC(=O)CNO. The van der Waals surface area contributed by atoms with Gasteiger partial charge in [0, 0.05) is 6.92 Å². The highest BCUT2D eigenvalue weighted by atomic mass is 16.7. The molecule has 3 N–H and O–H groups in total. The summed E-state index contributed by atoms with van der Waals surface area (Å²) in [6, 6.07) is 0. The number of hydroxylamine groups is 2. The van der Waals surface area contributed by atoms with Crippen LogP contribution in [0.2, 0.25) is 0 Å². The Morgan fingerprint density at radius 3 is 2.60 bits per heavy atom. The molecule has 58 valence electrons. The first-order valence-electron chi connectivity index (χ1n) is 2.50. The fraction of sp³-hybridized carbons (Fsp3) is 0.500. The lowest BCUT2D eigenvalue weighted by molar-refractivity contribution is -0.158. The van der Waals surface area contributed by atoms with E-state index < -0.39 is 11.9 Å². The van der Waals surface area contributed by atoms with Gasteiger partial charge in [-0.15, -0.1) is 0 Å². The predicted molar refractivity (Wildman–Crippen MR) is 29.7 cm³/mol. The maximum Gasteiger partial charge on any atom is 0.348 e. The van der Waals surface area contributed by atoms with E-state index in [1.165, 1.54) is 6.92 Å². The molecule has 0 aliphatic heterocycles. The number of hydrogen-bond acceptors (Lipinski definition) is 5. The lowest BCUT2D eigenvalue weighted by atomic mass is 10.7. The topological polar surface area (TPSA) is 87.7 Å². The maximum atomic E-state index is 10.3. The summed E-state index contributed by atoms with van der Waals surface area (Å²) in [5.74, 6) is -1.25. The second-order valence-electron chi connectivity index (χ2n) is 1.47. The first kappa shape index (κ1) is 8.86. The third kappa shape index (κ3) is 5.01. The maximum absolute atomic E-state index is 10.3. The summed E-state index contributed by atoms with van der Waals surface area (Å²) in [6.45, 7) is 0.833. The number of rotatable bonds is 2. The van der Waals surface area contributed by atoms with Crippen molar-refractivity contribution in [3.05, 3.63) is 0 Å². The van der Waals surface area contributed by atoms with E-state index in [2.05, 4.69) is 4.84 Å². The predicted octanol–water partition coefficient (Wildman–Crippen LogP) is -1.44. The van der Waals surface area contributed by atoms with E-state index in [1.807, 2.05) is 0 Å². The first-order chi connectivity index (χ1) is 4.66. The summed E-state index contributed by atoms with van der Waals surface area (Å²) < 4.78 is 0. The van der Waals surface area contributed by atoms with Gasteiger partial charge in [0.1, 0.15) is 6.54 Å². The average Bonchev–Trinajstić information content (AvgIpc) is 1.85. The minimum atomic E-state index is -0.766. The second kappa shape index (κ2) is 4.71. The lowest BCUT2D eigenvalue weighted by Gasteiger charge is -2.00. The highest BCUT2D eigenvalue weighted by molar-refractivity contribution is 5.76. The Kier molecular flexibility index (Phi) is 4.17. The molecule has 0 aromatic rings. The molecule has 0 saturated heterocycles. The van der Waals surface area contributed by atoms with Crippen LogP contribution in [0.15, 0.2) is 0 Å². The molecule has 0 saturated carbocycles. The zero-order valence-electron chi connectivity index (χ0n) is 5.38. The fourth-order valence-corrected chi connectivity index (χ4v) is 0.229. The van der Waals surface area contributed by atoms with Crippen LogP contribution >= 0.6 is 0 Å². The molecule has 0 aromatic carbocycles. The molecule has 0 heterocycles. The van der Waals surface area contributed by atoms with E-state index in [1.54, 1.807) is 11.0 Å². The molecule has 0 radical (unpaired) electrons. The highest BCUT2D eigenvalue weighted by Gasteiger charge is 2.00. The van der Waals surface area contributed by atoms with Crippen LogP contribution in [-0.4, -0.2) is 23.6 Å². The largest absolute Gasteiger partial charge is 0.348 e. The fourth-order valence-electron chi connectivity index (χ4n) is 0.229. The molecular formula is C4H8N2O4. The molecule has 0 spiro atoms. The van der Waals surface area contributed by atoms with Gasteiger partial charge in [0.05, 0.1) is 0 Å². The molecule has 0 fully saturated rings. The van der Waals surface area contributed by atoms with Crippen LogP contribution in [-0.2, 0) is 14.4 Å². The molecule has 1 amide bonds. The minimum absolute atomic E-state index is 0.361. The van der Waals surface area contributed by atoms with Crippen molar-refractivity contribution in [2.75, 3.05) is 6.54 Å². The molecule has 0 aromatic heterocycles. The van der Waals surface area contributed by atoms with Crippen LogP contribution in [0.3, 0.4) is 0 Å². The molecule has 0 aliphatic carbocycles. The minimum Gasteiger partial charge on any atom is -0.339 e. The third-order valence-corrected chi connectivity index (χ3v) is 0.532. The van der Waals surface area contributed by atoms with Crippen LogP contribution < -0.4 is 11.0 Å². The highest BCUT2D eigenvalue weighted by Crippen LogP contribution is 1.69. The van der Waals surface area contributed by atoms with Crippen molar-refractivity contribution in [3.63, 3.8) is 0 Å². The molecule has 0 unspecified atom stereocenters. The summed E-state index contributed by atoms with van der Waals surface area (Å²) in [5, 5.41) is 7.94. The number of nitrogens with one attached hydrogen (secondary N) is 2. The standard InChI is InChI=1S/C4H8N2O4/c1-3(7)6-10-4(8)2-5-9/h5,9H,2H2,1H3,(H,6,7). The monoisotopic (exact) mass is 148 g/mol. The van der Waals surface area contributed by atoms with E-state index in [-0.39, 0.29) is 6.54 Å². The summed E-state index contributed by atoms with van der Waals surface area (Å²) in [5.41, 5.74) is 3.36. The Balaban J connectivity index is 3.30. The van der Waals surface area contributed by atoms with Gasteiger partial charge in [0.15, 0.2) is 0 Å². The van der Waals surface area contributed by atoms with Gasteiger partial charge in [0.25, 0.3) is 0 Å².